The van der Waals surface area contributed by atoms with E-state index >= 15 is 0 Å². The van der Waals surface area contributed by atoms with E-state index in [9.17, 15) is 8.78 Å². The van der Waals surface area contributed by atoms with Crippen LogP contribution in [0.1, 0.15) is 19.7 Å². The highest BCUT2D eigenvalue weighted by atomic mass is 79.9. The lowest BCUT2D eigenvalue weighted by atomic mass is 10.1. The van der Waals surface area contributed by atoms with E-state index in [1.54, 1.807) is 0 Å². The monoisotopic (exact) mass is 329 g/mol. The first-order valence-electron chi connectivity index (χ1n) is 5.96. The molecule has 0 saturated heterocycles. The molecule has 0 aliphatic rings. The third-order valence-corrected chi connectivity index (χ3v) is 3.17. The molecular weight excluding hydrogens is 316 g/mol. The summed E-state index contributed by atoms with van der Waals surface area (Å²) in [4.78, 5) is 0. The van der Waals surface area contributed by atoms with Gasteiger partial charge in [-0.2, -0.15) is 0 Å². The Morgan fingerprint density at radius 2 is 2.00 bits per heavy atom. The van der Waals surface area contributed by atoms with Gasteiger partial charge in [-0.25, -0.2) is 8.78 Å². The Labute approximate surface area is 118 Å². The smallest absolute Gasteiger partial charge is 0.166 e. The van der Waals surface area contributed by atoms with E-state index in [1.807, 2.05) is 4.57 Å². The van der Waals surface area contributed by atoms with Gasteiger partial charge in [0.2, 0.25) is 0 Å². The topological polar surface area (TPSA) is 30.7 Å². The van der Waals surface area contributed by atoms with Crippen molar-refractivity contribution in [2.75, 3.05) is 0 Å². The van der Waals surface area contributed by atoms with Gasteiger partial charge in [0.25, 0.3) is 0 Å². The van der Waals surface area contributed by atoms with Crippen LogP contribution in [0.3, 0.4) is 0 Å². The molecule has 6 heteroatoms. The van der Waals surface area contributed by atoms with Gasteiger partial charge in [0.15, 0.2) is 5.82 Å². The van der Waals surface area contributed by atoms with E-state index in [0.717, 1.165) is 11.9 Å². The highest BCUT2D eigenvalue weighted by Crippen LogP contribution is 2.24. The number of nitrogens with zero attached hydrogens (tertiary/aromatic N) is 3. The fourth-order valence-electron chi connectivity index (χ4n) is 1.86. The second-order valence-electron chi connectivity index (χ2n) is 4.70. The van der Waals surface area contributed by atoms with Crippen LogP contribution in [0.15, 0.2) is 18.2 Å². The summed E-state index contributed by atoms with van der Waals surface area (Å²) in [6, 6.07) is 3.47. The quantitative estimate of drug-likeness (QED) is 0.799. The van der Waals surface area contributed by atoms with Gasteiger partial charge in [-0.05, 0) is 18.1 Å². The molecule has 102 valence electrons. The molecule has 0 spiro atoms. The zero-order chi connectivity index (χ0) is 14.0. The molecule has 2 aromatic rings. The summed E-state index contributed by atoms with van der Waals surface area (Å²) >= 11 is 3.34. The minimum atomic E-state index is -0.626. The van der Waals surface area contributed by atoms with E-state index in [2.05, 4.69) is 40.0 Å². The fourth-order valence-corrected chi connectivity index (χ4v) is 2.28. The molecule has 0 aliphatic carbocycles. The molecule has 0 amide bonds. The van der Waals surface area contributed by atoms with Crippen molar-refractivity contribution < 1.29 is 8.78 Å². The predicted octanol–water partition coefficient (Wildman–Crippen LogP) is 3.77. The van der Waals surface area contributed by atoms with Crippen LogP contribution in [-0.4, -0.2) is 14.8 Å². The summed E-state index contributed by atoms with van der Waals surface area (Å²) in [5.41, 5.74) is 0.266. The molecule has 1 aromatic heterocycles. The largest absolute Gasteiger partial charge is 0.310 e. The van der Waals surface area contributed by atoms with Crippen LogP contribution in [-0.2, 0) is 11.9 Å². The van der Waals surface area contributed by atoms with Crippen molar-refractivity contribution in [1.82, 2.24) is 14.8 Å². The van der Waals surface area contributed by atoms with Crippen molar-refractivity contribution in [3.63, 3.8) is 0 Å². The lowest BCUT2D eigenvalue weighted by Crippen LogP contribution is -2.09. The first kappa shape index (κ1) is 14.1. The number of halogens is 3. The molecule has 19 heavy (non-hydrogen) atoms. The summed E-state index contributed by atoms with van der Waals surface area (Å²) in [7, 11) is 0. The van der Waals surface area contributed by atoms with Crippen LogP contribution in [0.25, 0.3) is 11.4 Å². The zero-order valence-electron chi connectivity index (χ0n) is 10.7. The van der Waals surface area contributed by atoms with Crippen LogP contribution >= 0.6 is 15.9 Å². The first-order chi connectivity index (χ1) is 9.02. The molecule has 0 radical (unpaired) electrons. The molecule has 2 rings (SSSR count). The first-order valence-corrected chi connectivity index (χ1v) is 7.08. The van der Waals surface area contributed by atoms with Crippen LogP contribution in [0.2, 0.25) is 0 Å². The van der Waals surface area contributed by atoms with Crippen molar-refractivity contribution in [1.29, 1.82) is 0 Å². The average molecular weight is 330 g/mol. The number of benzene rings is 1. The van der Waals surface area contributed by atoms with Gasteiger partial charge in [-0.1, -0.05) is 29.8 Å². The number of alkyl halides is 1. The van der Waals surface area contributed by atoms with Crippen molar-refractivity contribution >= 4 is 15.9 Å². The van der Waals surface area contributed by atoms with Crippen LogP contribution < -0.4 is 0 Å². The maximum absolute atomic E-state index is 13.8. The van der Waals surface area contributed by atoms with Gasteiger partial charge in [-0.3, -0.25) is 0 Å². The third-order valence-electron chi connectivity index (χ3n) is 2.67. The molecule has 0 N–H and O–H groups in total. The molecule has 1 heterocycles. The van der Waals surface area contributed by atoms with Crippen LogP contribution in [0.4, 0.5) is 8.78 Å². The highest BCUT2D eigenvalue weighted by molar-refractivity contribution is 9.08. The average Bonchev–Trinajstić information content (AvgIpc) is 2.71. The van der Waals surface area contributed by atoms with Crippen molar-refractivity contribution in [2.24, 2.45) is 5.92 Å². The summed E-state index contributed by atoms with van der Waals surface area (Å²) in [6.45, 7) is 4.80. The molecule has 0 fully saturated rings. The van der Waals surface area contributed by atoms with Gasteiger partial charge in [0.1, 0.15) is 17.5 Å². The zero-order valence-corrected chi connectivity index (χ0v) is 12.3. The van der Waals surface area contributed by atoms with Crippen molar-refractivity contribution in [2.45, 2.75) is 25.7 Å². The summed E-state index contributed by atoms with van der Waals surface area (Å²) in [6.07, 6.45) is 0. The molecule has 0 aliphatic heterocycles. The van der Waals surface area contributed by atoms with Gasteiger partial charge in [-0.15, -0.1) is 10.2 Å². The van der Waals surface area contributed by atoms with Gasteiger partial charge >= 0.3 is 0 Å². The van der Waals surface area contributed by atoms with E-state index < -0.39 is 11.6 Å². The highest BCUT2D eigenvalue weighted by Gasteiger charge is 2.17. The molecule has 0 bridgehead atoms. The summed E-state index contributed by atoms with van der Waals surface area (Å²) in [5.74, 6) is 0.305. The van der Waals surface area contributed by atoms with E-state index in [0.29, 0.717) is 23.6 Å². The second-order valence-corrected chi connectivity index (χ2v) is 5.26. The maximum Gasteiger partial charge on any atom is 0.166 e. The standard InChI is InChI=1S/C13H14BrF2N3/c1-8(2)7-19-12(6-14)17-18-13(19)10-4-3-9(15)5-11(10)16/h3-5,8H,6-7H2,1-2H3. The van der Waals surface area contributed by atoms with Crippen LogP contribution in [0.5, 0.6) is 0 Å². The van der Waals surface area contributed by atoms with Gasteiger partial charge in [0.05, 0.1) is 10.9 Å². The lowest BCUT2D eigenvalue weighted by Gasteiger charge is -2.12. The molecule has 0 saturated carbocycles. The summed E-state index contributed by atoms with van der Waals surface area (Å²) in [5, 5.41) is 8.59. The van der Waals surface area contributed by atoms with Crippen molar-refractivity contribution in [3.05, 3.63) is 35.7 Å². The minimum Gasteiger partial charge on any atom is -0.310 e. The van der Waals surface area contributed by atoms with E-state index in [4.69, 9.17) is 0 Å². The Balaban J connectivity index is 2.52. The Hall–Kier alpha value is -1.30. The normalized spacial score (nSPS) is 11.3. The van der Waals surface area contributed by atoms with E-state index in [1.165, 1.54) is 12.1 Å². The van der Waals surface area contributed by atoms with Gasteiger partial charge < -0.3 is 4.57 Å². The summed E-state index contributed by atoms with van der Waals surface area (Å²) < 4.78 is 28.6. The number of rotatable bonds is 4. The predicted molar refractivity (Wildman–Crippen MR) is 72.8 cm³/mol. The minimum absolute atomic E-state index is 0.266. The SMILES string of the molecule is CC(C)Cn1c(CBr)nnc1-c1ccc(F)cc1F. The Morgan fingerprint density at radius 1 is 1.26 bits per heavy atom. The number of hydrogen-bond donors (Lipinski definition) is 0. The van der Waals surface area contributed by atoms with Crippen LogP contribution in [0, 0.1) is 17.6 Å². The molecular formula is C13H14BrF2N3. The molecule has 0 unspecified atom stereocenters. The molecule has 1 aromatic carbocycles. The maximum atomic E-state index is 13.8. The lowest BCUT2D eigenvalue weighted by molar-refractivity contribution is 0.514. The Bertz CT molecular complexity index is 581. The fraction of sp³-hybridized carbons (Fsp3) is 0.385. The third kappa shape index (κ3) is 3.00. The Kier molecular flexibility index (Phi) is 4.29. The van der Waals surface area contributed by atoms with E-state index in [-0.39, 0.29) is 5.56 Å². The second kappa shape index (κ2) is 5.77. The number of hydrogen-bond acceptors (Lipinski definition) is 2. The molecule has 3 nitrogen and oxygen atoms in total. The number of aromatic nitrogens is 3. The van der Waals surface area contributed by atoms with Crippen molar-refractivity contribution in [3.8, 4) is 11.4 Å². The Morgan fingerprint density at radius 3 is 2.58 bits per heavy atom. The molecule has 0 atom stereocenters. The van der Waals surface area contributed by atoms with Gasteiger partial charge in [0, 0.05) is 12.6 Å².